The van der Waals surface area contributed by atoms with Gasteiger partial charge in [0.05, 0.1) is 0 Å². The zero-order valence-electron chi connectivity index (χ0n) is 19.0. The van der Waals surface area contributed by atoms with Crippen molar-refractivity contribution in [3.05, 3.63) is 84.6 Å². The third-order valence-corrected chi connectivity index (χ3v) is 10.7. The summed E-state index contributed by atoms with van der Waals surface area (Å²) >= 11 is -1.91. The molecule has 0 bridgehead atoms. The van der Waals surface area contributed by atoms with Crippen LogP contribution in [0.15, 0.2) is 79.0 Å². The van der Waals surface area contributed by atoms with Crippen molar-refractivity contribution in [2.24, 2.45) is 0 Å². The third kappa shape index (κ3) is 3.55. The number of rotatable bonds is 3. The first-order valence-corrected chi connectivity index (χ1v) is 18.5. The minimum atomic E-state index is -1.91. The molecule has 4 aromatic carbocycles. The SMILES string of the molecule is CC(C)c1ccnc(-c2ccc3c4cc[c]([Ge]([CH3])([CH3])[CH3])cc4c4ccccc4c3c2)c1. The molecular formula is C29H29GeN. The summed E-state index contributed by atoms with van der Waals surface area (Å²) in [5.41, 5.74) is 3.56. The Labute approximate surface area is 187 Å². The monoisotopic (exact) mass is 465 g/mol. The van der Waals surface area contributed by atoms with Crippen LogP contribution in [0.3, 0.4) is 0 Å². The Hall–Kier alpha value is -2.65. The molecule has 0 fully saturated rings. The predicted octanol–water partition coefficient (Wildman–Crippen LogP) is 7.88. The van der Waals surface area contributed by atoms with Gasteiger partial charge in [-0.1, -0.05) is 13.8 Å². The van der Waals surface area contributed by atoms with Crippen molar-refractivity contribution < 1.29 is 0 Å². The summed E-state index contributed by atoms with van der Waals surface area (Å²) in [5.74, 6) is 7.90. The Bertz CT molecular complexity index is 1420. The van der Waals surface area contributed by atoms with Gasteiger partial charge in [0.15, 0.2) is 0 Å². The fourth-order valence-electron chi connectivity index (χ4n) is 4.55. The average Bonchev–Trinajstić information content (AvgIpc) is 2.78. The number of aromatic nitrogens is 1. The molecule has 1 aromatic heterocycles. The number of benzene rings is 4. The number of nitrogens with zero attached hydrogens (tertiary/aromatic N) is 1. The predicted molar refractivity (Wildman–Crippen MR) is 139 cm³/mol. The van der Waals surface area contributed by atoms with Crippen LogP contribution >= 0.6 is 0 Å². The fourth-order valence-corrected chi connectivity index (χ4v) is 6.98. The van der Waals surface area contributed by atoms with E-state index < -0.39 is 13.3 Å². The molecular weight excluding hydrogens is 435 g/mol. The second-order valence-electron chi connectivity index (χ2n) is 9.95. The number of hydrogen-bond acceptors (Lipinski definition) is 1. The molecule has 31 heavy (non-hydrogen) atoms. The molecule has 0 spiro atoms. The Morgan fingerprint density at radius 2 is 1.26 bits per heavy atom. The summed E-state index contributed by atoms with van der Waals surface area (Å²) in [7, 11) is 0. The first-order chi connectivity index (χ1) is 14.8. The van der Waals surface area contributed by atoms with Crippen molar-refractivity contribution in [3.8, 4) is 11.3 Å². The standard InChI is InChI=1S/C29H29GeN/c1-19(2)20-14-15-31-29(17-20)21-10-12-25-26-13-11-22(30(3,4)5)18-28(26)24-9-7-6-8-23(24)27(25)16-21/h6-19H,1-5H3. The molecule has 5 rings (SSSR count). The molecule has 0 aliphatic carbocycles. The van der Waals surface area contributed by atoms with E-state index in [-0.39, 0.29) is 0 Å². The first kappa shape index (κ1) is 20.3. The Balaban J connectivity index is 1.83. The Morgan fingerprint density at radius 1 is 0.645 bits per heavy atom. The molecule has 1 heterocycles. The van der Waals surface area contributed by atoms with E-state index in [9.17, 15) is 0 Å². The maximum atomic E-state index is 4.69. The second-order valence-corrected chi connectivity index (χ2v) is 20.6. The van der Waals surface area contributed by atoms with Crippen LogP contribution in [-0.2, 0) is 0 Å². The van der Waals surface area contributed by atoms with E-state index >= 15 is 0 Å². The van der Waals surface area contributed by atoms with E-state index in [1.807, 2.05) is 6.20 Å². The normalized spacial score (nSPS) is 12.3. The average molecular weight is 464 g/mol. The van der Waals surface area contributed by atoms with Crippen molar-refractivity contribution in [2.75, 3.05) is 0 Å². The molecule has 0 radical (unpaired) electrons. The molecule has 5 aromatic rings. The van der Waals surface area contributed by atoms with Crippen molar-refractivity contribution in [1.29, 1.82) is 0 Å². The van der Waals surface area contributed by atoms with Crippen LogP contribution in [0.2, 0.25) is 17.3 Å². The van der Waals surface area contributed by atoms with Gasteiger partial charge in [-0.15, -0.1) is 0 Å². The van der Waals surface area contributed by atoms with E-state index in [0.717, 1.165) is 5.69 Å². The van der Waals surface area contributed by atoms with E-state index in [0.29, 0.717) is 5.92 Å². The summed E-state index contributed by atoms with van der Waals surface area (Å²) in [6.07, 6.45) is 1.94. The Morgan fingerprint density at radius 3 is 1.90 bits per heavy atom. The summed E-state index contributed by atoms with van der Waals surface area (Å²) in [5, 5.41) is 8.03. The van der Waals surface area contributed by atoms with Gasteiger partial charge in [0.2, 0.25) is 0 Å². The maximum absolute atomic E-state index is 4.69. The van der Waals surface area contributed by atoms with Gasteiger partial charge in [-0.25, -0.2) is 0 Å². The van der Waals surface area contributed by atoms with Gasteiger partial charge in [-0.2, -0.15) is 0 Å². The number of hydrogen-bond donors (Lipinski definition) is 0. The Kier molecular flexibility index (Phi) is 4.90. The summed E-state index contributed by atoms with van der Waals surface area (Å²) < 4.78 is 1.56. The molecule has 0 amide bonds. The van der Waals surface area contributed by atoms with E-state index in [1.165, 1.54) is 43.4 Å². The van der Waals surface area contributed by atoms with Crippen LogP contribution in [-0.4, -0.2) is 18.3 Å². The summed E-state index contributed by atoms with van der Waals surface area (Å²) in [6.45, 7) is 4.46. The van der Waals surface area contributed by atoms with Crippen molar-refractivity contribution in [1.82, 2.24) is 4.98 Å². The van der Waals surface area contributed by atoms with Gasteiger partial charge >= 0.3 is 174 Å². The second kappa shape index (κ2) is 7.49. The molecule has 154 valence electrons. The first-order valence-electron chi connectivity index (χ1n) is 11.2. The molecule has 0 aliphatic rings. The van der Waals surface area contributed by atoms with Gasteiger partial charge in [-0.05, 0) is 0 Å². The molecule has 0 aliphatic heterocycles. The van der Waals surface area contributed by atoms with Gasteiger partial charge in [-0.3, -0.25) is 0 Å². The van der Waals surface area contributed by atoms with Gasteiger partial charge in [0.1, 0.15) is 0 Å². The van der Waals surface area contributed by atoms with Crippen LogP contribution in [0, 0.1) is 0 Å². The summed E-state index contributed by atoms with van der Waals surface area (Å²) in [6, 6.07) is 27.3. The zero-order valence-corrected chi connectivity index (χ0v) is 21.1. The number of pyridine rings is 1. The van der Waals surface area contributed by atoms with Crippen LogP contribution < -0.4 is 4.40 Å². The van der Waals surface area contributed by atoms with Crippen LogP contribution in [0.5, 0.6) is 0 Å². The van der Waals surface area contributed by atoms with Gasteiger partial charge < -0.3 is 0 Å². The van der Waals surface area contributed by atoms with Crippen molar-refractivity contribution in [3.63, 3.8) is 0 Å². The molecule has 0 saturated carbocycles. The van der Waals surface area contributed by atoms with Gasteiger partial charge in [0, 0.05) is 0 Å². The van der Waals surface area contributed by atoms with Gasteiger partial charge in [0.25, 0.3) is 0 Å². The molecule has 1 nitrogen and oxygen atoms in total. The van der Waals surface area contributed by atoms with Crippen LogP contribution in [0.25, 0.3) is 43.6 Å². The molecule has 0 atom stereocenters. The van der Waals surface area contributed by atoms with Crippen LogP contribution in [0.4, 0.5) is 0 Å². The van der Waals surface area contributed by atoms with E-state index in [2.05, 4.69) is 109 Å². The fraction of sp³-hybridized carbons (Fsp3) is 0.207. The topological polar surface area (TPSA) is 12.9 Å². The van der Waals surface area contributed by atoms with E-state index in [1.54, 1.807) is 4.40 Å². The quantitative estimate of drug-likeness (QED) is 0.196. The summed E-state index contributed by atoms with van der Waals surface area (Å²) in [4.78, 5) is 4.69. The van der Waals surface area contributed by atoms with Crippen molar-refractivity contribution >= 4 is 50.0 Å². The third-order valence-electron chi connectivity index (χ3n) is 6.45. The number of fused-ring (bicyclic) bond motifs is 6. The van der Waals surface area contributed by atoms with Crippen molar-refractivity contribution in [2.45, 2.75) is 37.0 Å². The molecule has 0 saturated heterocycles. The zero-order chi connectivity index (χ0) is 21.8. The molecule has 0 N–H and O–H groups in total. The molecule has 2 heteroatoms. The van der Waals surface area contributed by atoms with Crippen LogP contribution in [0.1, 0.15) is 25.3 Å². The molecule has 0 unspecified atom stereocenters. The van der Waals surface area contributed by atoms with E-state index in [4.69, 9.17) is 0 Å². The minimum absolute atomic E-state index is 0.494.